The van der Waals surface area contributed by atoms with E-state index in [-0.39, 0.29) is 23.3 Å². The average Bonchev–Trinajstić information content (AvgIpc) is 3.37. The van der Waals surface area contributed by atoms with Gasteiger partial charge in [-0.1, -0.05) is 25.4 Å². The maximum Gasteiger partial charge on any atom is 0.255 e. The first-order valence-corrected chi connectivity index (χ1v) is 8.80. The first kappa shape index (κ1) is 19.4. The van der Waals surface area contributed by atoms with Crippen LogP contribution in [0.1, 0.15) is 43.5 Å². The fourth-order valence-corrected chi connectivity index (χ4v) is 2.79. The van der Waals surface area contributed by atoms with Gasteiger partial charge in [-0.3, -0.25) is 9.59 Å². The number of methoxy groups -OCH3 is 1. The van der Waals surface area contributed by atoms with Gasteiger partial charge in [-0.2, -0.15) is 0 Å². The highest BCUT2D eigenvalue weighted by atomic mass is 35.5. The van der Waals surface area contributed by atoms with E-state index in [2.05, 4.69) is 13.8 Å². The van der Waals surface area contributed by atoms with E-state index < -0.39 is 5.91 Å². The number of primary amides is 1. The number of benzene rings is 1. The molecule has 0 unspecified atom stereocenters. The van der Waals surface area contributed by atoms with Crippen LogP contribution in [0.15, 0.2) is 12.1 Å². The second-order valence-electron chi connectivity index (χ2n) is 6.66. The third-order valence-corrected chi connectivity index (χ3v) is 4.31. The Morgan fingerprint density at radius 1 is 1.36 bits per heavy atom. The second-order valence-corrected chi connectivity index (χ2v) is 7.06. The van der Waals surface area contributed by atoms with Gasteiger partial charge in [-0.25, -0.2) is 0 Å². The number of carbonyl (C=O) groups is 2. The number of nitrogens with two attached hydrogens (primary N) is 1. The van der Waals surface area contributed by atoms with Crippen molar-refractivity contribution in [3.8, 4) is 11.5 Å². The molecule has 1 fully saturated rings. The van der Waals surface area contributed by atoms with E-state index in [1.165, 1.54) is 7.11 Å². The normalized spacial score (nSPS) is 13.6. The summed E-state index contributed by atoms with van der Waals surface area (Å²) in [4.78, 5) is 25.8. The molecule has 2 rings (SSSR count). The largest absolute Gasteiger partial charge is 0.493 e. The van der Waals surface area contributed by atoms with Crippen LogP contribution in [-0.2, 0) is 4.79 Å². The maximum atomic E-state index is 12.9. The van der Waals surface area contributed by atoms with E-state index in [0.717, 1.165) is 25.8 Å². The molecule has 0 bridgehead atoms. The molecule has 6 nitrogen and oxygen atoms in total. The molecule has 1 aromatic rings. The molecule has 0 atom stereocenters. The summed E-state index contributed by atoms with van der Waals surface area (Å²) < 4.78 is 10.6. The van der Waals surface area contributed by atoms with Gasteiger partial charge in [0.2, 0.25) is 0 Å². The van der Waals surface area contributed by atoms with E-state index in [9.17, 15) is 9.59 Å². The molecule has 0 radical (unpaired) electrons. The number of carbonyl (C=O) groups excluding carboxylic acids is 2. The van der Waals surface area contributed by atoms with Crippen molar-refractivity contribution in [2.24, 2.45) is 11.7 Å². The molecule has 1 aliphatic rings. The minimum Gasteiger partial charge on any atom is -0.493 e. The zero-order valence-corrected chi connectivity index (χ0v) is 15.6. The van der Waals surface area contributed by atoms with E-state index in [0.29, 0.717) is 23.3 Å². The first-order chi connectivity index (χ1) is 11.8. The third kappa shape index (κ3) is 5.26. The summed E-state index contributed by atoms with van der Waals surface area (Å²) in [5.41, 5.74) is 5.54. The predicted octanol–water partition coefficient (Wildman–Crippen LogP) is 2.86. The Kier molecular flexibility index (Phi) is 6.53. The Hall–Kier alpha value is -1.95. The summed E-state index contributed by atoms with van der Waals surface area (Å²) in [6, 6.07) is 3.45. The van der Waals surface area contributed by atoms with Gasteiger partial charge in [0.1, 0.15) is 0 Å². The molecular formula is C18H25ClN2O4. The molecule has 138 valence electrons. The number of rotatable bonds is 9. The van der Waals surface area contributed by atoms with Gasteiger partial charge >= 0.3 is 0 Å². The Morgan fingerprint density at radius 2 is 2.04 bits per heavy atom. The van der Waals surface area contributed by atoms with Crippen LogP contribution in [0.4, 0.5) is 0 Å². The standard InChI is InChI=1S/C18H25ClN2O4/c1-11(2)6-7-21(13-4-5-13)18(23)12-8-14(19)17(15(9-12)24-3)25-10-16(20)22/h8-9,11,13H,4-7,10H2,1-3H3,(H2,20,22). The van der Waals surface area contributed by atoms with Crippen LogP contribution < -0.4 is 15.2 Å². The molecule has 1 aromatic carbocycles. The van der Waals surface area contributed by atoms with Crippen molar-refractivity contribution in [1.82, 2.24) is 4.90 Å². The van der Waals surface area contributed by atoms with Gasteiger partial charge in [0, 0.05) is 18.2 Å². The lowest BCUT2D eigenvalue weighted by Gasteiger charge is -2.24. The van der Waals surface area contributed by atoms with Crippen LogP contribution >= 0.6 is 11.6 Å². The van der Waals surface area contributed by atoms with Gasteiger partial charge in [0.15, 0.2) is 18.1 Å². The van der Waals surface area contributed by atoms with Crippen LogP contribution in [-0.4, -0.2) is 43.0 Å². The van der Waals surface area contributed by atoms with Gasteiger partial charge in [0.05, 0.1) is 12.1 Å². The fraction of sp³-hybridized carbons (Fsp3) is 0.556. The minimum absolute atomic E-state index is 0.0650. The van der Waals surface area contributed by atoms with Gasteiger partial charge in [-0.05, 0) is 37.3 Å². The van der Waals surface area contributed by atoms with Crippen LogP contribution in [0.2, 0.25) is 5.02 Å². The number of halogens is 1. The molecule has 2 amide bonds. The van der Waals surface area contributed by atoms with Crippen LogP contribution in [0.5, 0.6) is 11.5 Å². The molecule has 0 saturated heterocycles. The molecule has 25 heavy (non-hydrogen) atoms. The van der Waals surface area contributed by atoms with Crippen molar-refractivity contribution in [2.45, 2.75) is 39.2 Å². The van der Waals surface area contributed by atoms with Crippen molar-refractivity contribution in [1.29, 1.82) is 0 Å². The van der Waals surface area contributed by atoms with E-state index in [1.54, 1.807) is 12.1 Å². The topological polar surface area (TPSA) is 81.9 Å². The Labute approximate surface area is 153 Å². The van der Waals surface area contributed by atoms with Gasteiger partial charge < -0.3 is 20.1 Å². The first-order valence-electron chi connectivity index (χ1n) is 8.43. The highest BCUT2D eigenvalue weighted by Crippen LogP contribution is 2.37. The summed E-state index contributed by atoms with van der Waals surface area (Å²) in [7, 11) is 1.45. The summed E-state index contributed by atoms with van der Waals surface area (Å²) in [6.45, 7) is 4.69. The number of nitrogens with zero attached hydrogens (tertiary/aromatic N) is 1. The van der Waals surface area contributed by atoms with E-state index >= 15 is 0 Å². The maximum absolute atomic E-state index is 12.9. The molecule has 2 N–H and O–H groups in total. The lowest BCUT2D eigenvalue weighted by Crippen LogP contribution is -2.34. The van der Waals surface area contributed by atoms with E-state index in [1.807, 2.05) is 4.90 Å². The molecule has 0 heterocycles. The molecule has 7 heteroatoms. The monoisotopic (exact) mass is 368 g/mol. The Morgan fingerprint density at radius 3 is 2.56 bits per heavy atom. The van der Waals surface area contributed by atoms with Crippen LogP contribution in [0.25, 0.3) is 0 Å². The molecule has 0 aliphatic heterocycles. The van der Waals surface area contributed by atoms with Crippen LogP contribution in [0, 0.1) is 5.92 Å². The zero-order valence-electron chi connectivity index (χ0n) is 14.9. The molecule has 1 saturated carbocycles. The number of hydrogen-bond acceptors (Lipinski definition) is 4. The molecule has 0 aromatic heterocycles. The summed E-state index contributed by atoms with van der Waals surface area (Å²) in [5.74, 6) is 0.352. The highest BCUT2D eigenvalue weighted by molar-refractivity contribution is 6.32. The quantitative estimate of drug-likeness (QED) is 0.726. The Bertz CT molecular complexity index is 644. The van der Waals surface area contributed by atoms with Crippen molar-refractivity contribution >= 4 is 23.4 Å². The zero-order chi connectivity index (χ0) is 18.6. The minimum atomic E-state index is -0.619. The number of ether oxygens (including phenoxy) is 2. The highest BCUT2D eigenvalue weighted by Gasteiger charge is 2.33. The van der Waals surface area contributed by atoms with E-state index in [4.69, 9.17) is 26.8 Å². The van der Waals surface area contributed by atoms with Gasteiger partial charge in [0.25, 0.3) is 11.8 Å². The average molecular weight is 369 g/mol. The van der Waals surface area contributed by atoms with Crippen LogP contribution in [0.3, 0.4) is 0 Å². The lowest BCUT2D eigenvalue weighted by molar-refractivity contribution is -0.119. The SMILES string of the molecule is COc1cc(C(=O)N(CCC(C)C)C2CC2)cc(Cl)c1OCC(N)=O. The number of hydrogen-bond donors (Lipinski definition) is 1. The lowest BCUT2D eigenvalue weighted by atomic mass is 10.1. The van der Waals surface area contributed by atoms with Crippen molar-refractivity contribution in [3.05, 3.63) is 22.7 Å². The van der Waals surface area contributed by atoms with Gasteiger partial charge in [-0.15, -0.1) is 0 Å². The van der Waals surface area contributed by atoms with Crippen molar-refractivity contribution < 1.29 is 19.1 Å². The molecular weight excluding hydrogens is 344 g/mol. The fourth-order valence-electron chi connectivity index (χ4n) is 2.53. The molecule has 1 aliphatic carbocycles. The molecule has 0 spiro atoms. The summed E-state index contributed by atoms with van der Waals surface area (Å²) in [6.07, 6.45) is 3.02. The predicted molar refractivity (Wildman–Crippen MR) is 96.2 cm³/mol. The smallest absolute Gasteiger partial charge is 0.255 e. The number of amides is 2. The summed E-state index contributed by atoms with van der Waals surface area (Å²) >= 11 is 6.24. The Balaban J connectivity index is 2.23. The second kappa shape index (κ2) is 8.43. The van der Waals surface area contributed by atoms with Crippen molar-refractivity contribution in [2.75, 3.05) is 20.3 Å². The van der Waals surface area contributed by atoms with Crippen molar-refractivity contribution in [3.63, 3.8) is 0 Å². The summed E-state index contributed by atoms with van der Waals surface area (Å²) in [5, 5.41) is 0.212. The third-order valence-electron chi connectivity index (χ3n) is 4.03.